The lowest BCUT2D eigenvalue weighted by molar-refractivity contribution is -0.384. The van der Waals surface area contributed by atoms with Crippen molar-refractivity contribution >= 4 is 17.1 Å². The molecule has 1 aliphatic rings. The highest BCUT2D eigenvalue weighted by atomic mass is 19.1. The highest BCUT2D eigenvalue weighted by Gasteiger charge is 2.24. The number of nitro benzene ring substituents is 1. The molecule has 0 atom stereocenters. The van der Waals surface area contributed by atoms with Gasteiger partial charge in [-0.05, 0) is 18.2 Å². The number of rotatable bonds is 3. The van der Waals surface area contributed by atoms with E-state index in [-0.39, 0.29) is 16.4 Å². The van der Waals surface area contributed by atoms with Gasteiger partial charge in [0, 0.05) is 32.2 Å². The van der Waals surface area contributed by atoms with Gasteiger partial charge in [0.25, 0.3) is 5.69 Å². The summed E-state index contributed by atoms with van der Waals surface area (Å²) in [6, 6.07) is 13.4. The zero-order chi connectivity index (χ0) is 15.5. The lowest BCUT2D eigenvalue weighted by Gasteiger charge is -2.37. The smallest absolute Gasteiger partial charge is 0.292 e. The number of anilines is 2. The van der Waals surface area contributed by atoms with E-state index >= 15 is 0 Å². The van der Waals surface area contributed by atoms with Crippen molar-refractivity contribution < 1.29 is 9.31 Å². The predicted octanol–water partition coefficient (Wildman–Crippen LogP) is 3.06. The summed E-state index contributed by atoms with van der Waals surface area (Å²) in [5.41, 5.74) is 1.33. The van der Waals surface area contributed by atoms with Crippen molar-refractivity contribution in [3.63, 3.8) is 0 Å². The molecule has 0 amide bonds. The summed E-state index contributed by atoms with van der Waals surface area (Å²) in [7, 11) is 0. The largest absolute Gasteiger partial charge is 0.366 e. The maximum Gasteiger partial charge on any atom is 0.292 e. The molecule has 1 fully saturated rings. The minimum absolute atomic E-state index is 0.113. The molecule has 6 heteroatoms. The van der Waals surface area contributed by atoms with Crippen molar-refractivity contribution in [3.8, 4) is 0 Å². The summed E-state index contributed by atoms with van der Waals surface area (Å²) in [5.74, 6) is -0.235. The molecule has 0 bridgehead atoms. The molecule has 22 heavy (non-hydrogen) atoms. The second-order valence-corrected chi connectivity index (χ2v) is 5.17. The van der Waals surface area contributed by atoms with Gasteiger partial charge in [0.2, 0.25) is 0 Å². The maximum atomic E-state index is 13.8. The monoisotopic (exact) mass is 301 g/mol. The van der Waals surface area contributed by atoms with Crippen LogP contribution < -0.4 is 9.80 Å². The molecule has 1 saturated heterocycles. The molecule has 0 radical (unpaired) electrons. The zero-order valence-corrected chi connectivity index (χ0v) is 12.0. The molecular weight excluding hydrogens is 285 g/mol. The summed E-state index contributed by atoms with van der Waals surface area (Å²) < 4.78 is 13.8. The van der Waals surface area contributed by atoms with Crippen molar-refractivity contribution in [2.45, 2.75) is 0 Å². The van der Waals surface area contributed by atoms with Crippen LogP contribution in [0.3, 0.4) is 0 Å². The quantitative estimate of drug-likeness (QED) is 0.646. The number of nitrogens with zero attached hydrogens (tertiary/aromatic N) is 3. The predicted molar refractivity (Wildman–Crippen MR) is 83.9 cm³/mol. The third-order valence-electron chi connectivity index (χ3n) is 3.89. The molecular formula is C16H16FN3O2. The Labute approximate surface area is 127 Å². The van der Waals surface area contributed by atoms with Gasteiger partial charge in [-0.2, -0.15) is 0 Å². The van der Waals surface area contributed by atoms with Gasteiger partial charge in [-0.3, -0.25) is 10.1 Å². The van der Waals surface area contributed by atoms with Gasteiger partial charge in [0.05, 0.1) is 10.6 Å². The van der Waals surface area contributed by atoms with Crippen molar-refractivity contribution in [1.82, 2.24) is 0 Å². The lowest BCUT2D eigenvalue weighted by atomic mass is 10.2. The number of para-hydroxylation sites is 3. The van der Waals surface area contributed by atoms with Crippen LogP contribution >= 0.6 is 0 Å². The van der Waals surface area contributed by atoms with E-state index in [1.807, 2.05) is 15.9 Å². The van der Waals surface area contributed by atoms with Crippen molar-refractivity contribution in [3.05, 3.63) is 64.5 Å². The van der Waals surface area contributed by atoms with Crippen LogP contribution in [0, 0.1) is 15.9 Å². The van der Waals surface area contributed by atoms with Crippen molar-refractivity contribution in [2.24, 2.45) is 0 Å². The number of benzene rings is 2. The molecule has 0 spiro atoms. The first-order valence-corrected chi connectivity index (χ1v) is 7.14. The van der Waals surface area contributed by atoms with Crippen molar-refractivity contribution in [1.29, 1.82) is 0 Å². The lowest BCUT2D eigenvalue weighted by Crippen LogP contribution is -2.47. The zero-order valence-electron chi connectivity index (χ0n) is 12.0. The van der Waals surface area contributed by atoms with E-state index in [1.54, 1.807) is 30.3 Å². The van der Waals surface area contributed by atoms with Crippen LogP contribution in [-0.2, 0) is 0 Å². The number of nitro groups is 1. The molecule has 5 nitrogen and oxygen atoms in total. The summed E-state index contributed by atoms with van der Waals surface area (Å²) in [6.45, 7) is 2.51. The molecule has 114 valence electrons. The van der Waals surface area contributed by atoms with E-state index in [4.69, 9.17) is 0 Å². The Morgan fingerprint density at radius 2 is 1.36 bits per heavy atom. The van der Waals surface area contributed by atoms with Gasteiger partial charge in [0.1, 0.15) is 11.5 Å². The molecule has 3 rings (SSSR count). The first-order valence-electron chi connectivity index (χ1n) is 7.14. The first-order chi connectivity index (χ1) is 10.7. The molecule has 2 aromatic rings. The van der Waals surface area contributed by atoms with E-state index in [2.05, 4.69) is 0 Å². The van der Waals surface area contributed by atoms with Gasteiger partial charge in [-0.15, -0.1) is 0 Å². The fourth-order valence-electron chi connectivity index (χ4n) is 2.78. The summed E-state index contributed by atoms with van der Waals surface area (Å²) in [6.07, 6.45) is 0. The second kappa shape index (κ2) is 6.01. The van der Waals surface area contributed by atoms with Gasteiger partial charge in [-0.25, -0.2) is 4.39 Å². The van der Waals surface area contributed by atoms with Crippen LogP contribution in [-0.4, -0.2) is 31.1 Å². The molecule has 0 aromatic heterocycles. The topological polar surface area (TPSA) is 49.6 Å². The van der Waals surface area contributed by atoms with E-state index in [9.17, 15) is 14.5 Å². The average Bonchev–Trinajstić information content (AvgIpc) is 2.55. The van der Waals surface area contributed by atoms with E-state index in [0.29, 0.717) is 37.6 Å². The summed E-state index contributed by atoms with van der Waals surface area (Å²) >= 11 is 0. The van der Waals surface area contributed by atoms with Crippen LogP contribution in [0.25, 0.3) is 0 Å². The minimum Gasteiger partial charge on any atom is -0.366 e. The number of halogens is 1. The molecule has 2 aromatic carbocycles. The first kappa shape index (κ1) is 14.3. The Kier molecular flexibility index (Phi) is 3.91. The Balaban J connectivity index is 1.75. The van der Waals surface area contributed by atoms with Gasteiger partial charge < -0.3 is 9.80 Å². The maximum absolute atomic E-state index is 13.8. The molecule has 1 aliphatic heterocycles. The highest BCUT2D eigenvalue weighted by Crippen LogP contribution is 2.29. The standard InChI is InChI=1S/C16H16FN3O2/c17-13-5-1-2-6-14(13)18-9-11-19(12-10-18)15-7-3-4-8-16(15)20(21)22/h1-8H,9-12H2. The van der Waals surface area contributed by atoms with E-state index < -0.39 is 0 Å². The molecule has 0 aliphatic carbocycles. The normalized spacial score (nSPS) is 15.0. The fraction of sp³-hybridized carbons (Fsp3) is 0.250. The van der Waals surface area contributed by atoms with E-state index in [1.165, 1.54) is 12.1 Å². The molecule has 0 N–H and O–H groups in total. The van der Waals surface area contributed by atoms with E-state index in [0.717, 1.165) is 0 Å². The Bertz CT molecular complexity index is 685. The van der Waals surface area contributed by atoms with Crippen LogP contribution in [0.4, 0.5) is 21.5 Å². The second-order valence-electron chi connectivity index (χ2n) is 5.17. The van der Waals surface area contributed by atoms with Gasteiger partial charge >= 0.3 is 0 Å². The van der Waals surface area contributed by atoms with Crippen LogP contribution in [0.2, 0.25) is 0 Å². The van der Waals surface area contributed by atoms with Crippen LogP contribution in [0.1, 0.15) is 0 Å². The number of hydrogen-bond acceptors (Lipinski definition) is 4. The molecule has 0 saturated carbocycles. The Hall–Kier alpha value is -2.63. The van der Waals surface area contributed by atoms with Gasteiger partial charge in [0.15, 0.2) is 0 Å². The Morgan fingerprint density at radius 3 is 1.95 bits per heavy atom. The minimum atomic E-state index is -0.363. The van der Waals surface area contributed by atoms with Crippen molar-refractivity contribution in [2.75, 3.05) is 36.0 Å². The molecule has 0 unspecified atom stereocenters. The number of piperazine rings is 1. The fourth-order valence-corrected chi connectivity index (χ4v) is 2.78. The van der Waals surface area contributed by atoms with Gasteiger partial charge in [-0.1, -0.05) is 24.3 Å². The summed E-state index contributed by atoms with van der Waals surface area (Å²) in [4.78, 5) is 14.7. The third kappa shape index (κ3) is 2.72. The highest BCUT2D eigenvalue weighted by molar-refractivity contribution is 5.64. The molecule has 1 heterocycles. The number of hydrogen-bond donors (Lipinski definition) is 0. The average molecular weight is 301 g/mol. The Morgan fingerprint density at radius 1 is 0.864 bits per heavy atom. The third-order valence-corrected chi connectivity index (χ3v) is 3.89. The van der Waals surface area contributed by atoms with Crippen LogP contribution in [0.5, 0.6) is 0 Å². The van der Waals surface area contributed by atoms with Crippen LogP contribution in [0.15, 0.2) is 48.5 Å². The summed E-state index contributed by atoms with van der Waals surface area (Å²) in [5, 5.41) is 11.1. The SMILES string of the molecule is O=[N+]([O-])c1ccccc1N1CCN(c2ccccc2F)CC1.